The quantitative estimate of drug-likeness (QED) is 0.948. The lowest BCUT2D eigenvalue weighted by Gasteiger charge is -2.28. The van der Waals surface area contributed by atoms with Crippen molar-refractivity contribution < 1.29 is 0 Å². The standard InChI is InChI=1S/C19H23N3O/c1-12-3-4-14(9-13(12)2)10-22-8-7-16-17(11-22)20-18(15-5-6-15)21-19(16)23/h3-4,9,15H,5-8,10-11H2,1-2H3,(H,20,21,23). The van der Waals surface area contributed by atoms with Crippen LogP contribution < -0.4 is 5.56 Å². The van der Waals surface area contributed by atoms with E-state index in [-0.39, 0.29) is 5.56 Å². The summed E-state index contributed by atoms with van der Waals surface area (Å²) in [7, 11) is 0. The zero-order chi connectivity index (χ0) is 16.0. The van der Waals surface area contributed by atoms with Crippen molar-refractivity contribution in [1.82, 2.24) is 14.9 Å². The Labute approximate surface area is 136 Å². The van der Waals surface area contributed by atoms with Gasteiger partial charge < -0.3 is 4.98 Å². The molecule has 1 aliphatic carbocycles. The van der Waals surface area contributed by atoms with Crippen molar-refractivity contribution in [3.63, 3.8) is 0 Å². The fraction of sp³-hybridized carbons (Fsp3) is 0.474. The van der Waals surface area contributed by atoms with Crippen molar-refractivity contribution in [1.29, 1.82) is 0 Å². The van der Waals surface area contributed by atoms with Gasteiger partial charge in [0.05, 0.1) is 5.69 Å². The van der Waals surface area contributed by atoms with Crippen LogP contribution in [0.4, 0.5) is 0 Å². The molecule has 0 atom stereocenters. The molecular weight excluding hydrogens is 286 g/mol. The van der Waals surface area contributed by atoms with Gasteiger partial charge >= 0.3 is 0 Å². The van der Waals surface area contributed by atoms with E-state index < -0.39 is 0 Å². The molecule has 0 amide bonds. The highest BCUT2D eigenvalue weighted by Gasteiger charge is 2.29. The maximum Gasteiger partial charge on any atom is 0.254 e. The summed E-state index contributed by atoms with van der Waals surface area (Å²) in [6, 6.07) is 6.67. The van der Waals surface area contributed by atoms with E-state index >= 15 is 0 Å². The number of nitrogens with one attached hydrogen (secondary N) is 1. The van der Waals surface area contributed by atoms with Crippen molar-refractivity contribution in [2.24, 2.45) is 0 Å². The average Bonchev–Trinajstić information content (AvgIpc) is 3.35. The minimum atomic E-state index is 0.0859. The topological polar surface area (TPSA) is 49.0 Å². The zero-order valence-corrected chi connectivity index (χ0v) is 13.9. The predicted molar refractivity (Wildman–Crippen MR) is 90.6 cm³/mol. The van der Waals surface area contributed by atoms with Gasteiger partial charge in [0.25, 0.3) is 5.56 Å². The number of rotatable bonds is 3. The van der Waals surface area contributed by atoms with E-state index in [1.165, 1.54) is 16.7 Å². The van der Waals surface area contributed by atoms with E-state index in [0.29, 0.717) is 5.92 Å². The number of hydrogen-bond donors (Lipinski definition) is 1. The fourth-order valence-electron chi connectivity index (χ4n) is 3.36. The molecule has 2 heterocycles. The van der Waals surface area contributed by atoms with E-state index in [9.17, 15) is 4.79 Å². The Morgan fingerprint density at radius 2 is 2.09 bits per heavy atom. The molecule has 0 radical (unpaired) electrons. The lowest BCUT2D eigenvalue weighted by Crippen LogP contribution is -2.35. The number of benzene rings is 1. The minimum absolute atomic E-state index is 0.0859. The summed E-state index contributed by atoms with van der Waals surface area (Å²) in [4.78, 5) is 22.4. The van der Waals surface area contributed by atoms with Crippen LogP contribution in [0.3, 0.4) is 0 Å². The van der Waals surface area contributed by atoms with Crippen molar-refractivity contribution in [3.05, 3.63) is 62.3 Å². The van der Waals surface area contributed by atoms with E-state index in [4.69, 9.17) is 4.98 Å². The second-order valence-corrected chi connectivity index (χ2v) is 7.03. The van der Waals surface area contributed by atoms with Crippen molar-refractivity contribution in [2.75, 3.05) is 6.54 Å². The van der Waals surface area contributed by atoms with Gasteiger partial charge in [-0.3, -0.25) is 9.69 Å². The maximum absolute atomic E-state index is 12.2. The van der Waals surface area contributed by atoms with Crippen LogP contribution in [0.15, 0.2) is 23.0 Å². The highest BCUT2D eigenvalue weighted by molar-refractivity contribution is 5.30. The van der Waals surface area contributed by atoms with Crippen molar-refractivity contribution in [2.45, 2.75) is 52.1 Å². The van der Waals surface area contributed by atoms with Crippen LogP contribution in [0.5, 0.6) is 0 Å². The molecule has 4 heteroatoms. The number of fused-ring (bicyclic) bond motifs is 1. The molecule has 1 aromatic carbocycles. The Balaban J connectivity index is 1.55. The Bertz CT molecular complexity index is 805. The average molecular weight is 309 g/mol. The van der Waals surface area contributed by atoms with Crippen LogP contribution in [0, 0.1) is 13.8 Å². The first-order valence-electron chi connectivity index (χ1n) is 8.50. The van der Waals surface area contributed by atoms with E-state index in [2.05, 4.69) is 41.9 Å². The van der Waals surface area contributed by atoms with Gasteiger partial charge in [-0.15, -0.1) is 0 Å². The lowest BCUT2D eigenvalue weighted by molar-refractivity contribution is 0.240. The largest absolute Gasteiger partial charge is 0.310 e. The van der Waals surface area contributed by atoms with Gasteiger partial charge in [0.15, 0.2) is 0 Å². The lowest BCUT2D eigenvalue weighted by atomic mass is 10.0. The second kappa shape index (κ2) is 5.60. The number of hydrogen-bond acceptors (Lipinski definition) is 3. The van der Waals surface area contributed by atoms with Crippen molar-refractivity contribution in [3.8, 4) is 0 Å². The Morgan fingerprint density at radius 3 is 2.83 bits per heavy atom. The molecule has 0 saturated heterocycles. The summed E-state index contributed by atoms with van der Waals surface area (Å²) in [5, 5.41) is 0. The van der Waals surface area contributed by atoms with Crippen LogP contribution in [-0.2, 0) is 19.5 Å². The molecule has 120 valence electrons. The second-order valence-electron chi connectivity index (χ2n) is 7.03. The molecule has 1 N–H and O–H groups in total. The third-order valence-electron chi connectivity index (χ3n) is 5.11. The molecule has 4 nitrogen and oxygen atoms in total. The molecular formula is C19H23N3O. The summed E-state index contributed by atoms with van der Waals surface area (Å²) in [5.41, 5.74) is 5.98. The first kappa shape index (κ1) is 14.6. The molecule has 4 rings (SSSR count). The van der Waals surface area contributed by atoms with Crippen LogP contribution in [0.2, 0.25) is 0 Å². The number of nitrogens with zero attached hydrogens (tertiary/aromatic N) is 2. The monoisotopic (exact) mass is 309 g/mol. The summed E-state index contributed by atoms with van der Waals surface area (Å²) in [6.07, 6.45) is 3.12. The normalized spacial score (nSPS) is 18.0. The molecule has 2 aromatic rings. The van der Waals surface area contributed by atoms with Crippen LogP contribution in [0.25, 0.3) is 0 Å². The highest BCUT2D eigenvalue weighted by atomic mass is 16.1. The number of H-pyrrole nitrogens is 1. The summed E-state index contributed by atoms with van der Waals surface area (Å²) < 4.78 is 0. The Hall–Kier alpha value is -1.94. The van der Waals surface area contributed by atoms with Crippen LogP contribution >= 0.6 is 0 Å². The molecule has 2 aliphatic rings. The van der Waals surface area contributed by atoms with Gasteiger partial charge in [-0.05, 0) is 49.8 Å². The number of aromatic amines is 1. The molecule has 0 bridgehead atoms. The van der Waals surface area contributed by atoms with E-state index in [1.807, 2.05) is 0 Å². The Morgan fingerprint density at radius 1 is 1.26 bits per heavy atom. The number of aryl methyl sites for hydroxylation is 2. The summed E-state index contributed by atoms with van der Waals surface area (Å²) >= 11 is 0. The van der Waals surface area contributed by atoms with Gasteiger partial charge in [-0.1, -0.05) is 18.2 Å². The van der Waals surface area contributed by atoms with Gasteiger partial charge in [0, 0.05) is 31.1 Å². The smallest absolute Gasteiger partial charge is 0.254 e. The van der Waals surface area contributed by atoms with Crippen LogP contribution in [0.1, 0.15) is 52.5 Å². The zero-order valence-electron chi connectivity index (χ0n) is 13.9. The third-order valence-corrected chi connectivity index (χ3v) is 5.11. The van der Waals surface area contributed by atoms with Crippen molar-refractivity contribution >= 4 is 0 Å². The molecule has 0 unspecified atom stereocenters. The SMILES string of the molecule is Cc1ccc(CN2CCc3c(nc(C4CC4)[nH]c3=O)C2)cc1C. The Kier molecular flexibility index (Phi) is 3.57. The molecule has 1 aliphatic heterocycles. The fourth-order valence-corrected chi connectivity index (χ4v) is 3.36. The third kappa shape index (κ3) is 2.95. The summed E-state index contributed by atoms with van der Waals surface area (Å²) in [5.74, 6) is 1.39. The maximum atomic E-state index is 12.2. The highest BCUT2D eigenvalue weighted by Crippen LogP contribution is 2.37. The van der Waals surface area contributed by atoms with Gasteiger partial charge in [-0.2, -0.15) is 0 Å². The van der Waals surface area contributed by atoms with E-state index in [1.54, 1.807) is 0 Å². The molecule has 1 saturated carbocycles. The summed E-state index contributed by atoms with van der Waals surface area (Å²) in [6.45, 7) is 6.94. The van der Waals surface area contributed by atoms with Crippen LogP contribution in [-0.4, -0.2) is 21.4 Å². The molecule has 0 spiro atoms. The molecule has 1 aromatic heterocycles. The van der Waals surface area contributed by atoms with Gasteiger partial charge in [-0.25, -0.2) is 4.98 Å². The molecule has 23 heavy (non-hydrogen) atoms. The minimum Gasteiger partial charge on any atom is -0.310 e. The molecule has 1 fully saturated rings. The first-order chi connectivity index (χ1) is 11.1. The first-order valence-corrected chi connectivity index (χ1v) is 8.50. The van der Waals surface area contributed by atoms with Gasteiger partial charge in [0.2, 0.25) is 0 Å². The van der Waals surface area contributed by atoms with Gasteiger partial charge in [0.1, 0.15) is 5.82 Å². The number of aromatic nitrogens is 2. The van der Waals surface area contributed by atoms with E-state index in [0.717, 1.165) is 56.0 Å². The predicted octanol–water partition coefficient (Wildman–Crippen LogP) is 2.82.